The van der Waals surface area contributed by atoms with Crippen LogP contribution in [0.1, 0.15) is 17.5 Å². The summed E-state index contributed by atoms with van der Waals surface area (Å²) in [4.78, 5) is 25.9. The lowest BCUT2D eigenvalue weighted by molar-refractivity contribution is -0.138. The van der Waals surface area contributed by atoms with Gasteiger partial charge in [0.05, 0.1) is 5.41 Å². The van der Waals surface area contributed by atoms with E-state index in [0.717, 1.165) is 43.6 Å². The van der Waals surface area contributed by atoms with Crippen molar-refractivity contribution in [3.05, 3.63) is 84.4 Å². The Bertz CT molecular complexity index is 990. The molecule has 4 rings (SSSR count). The number of aromatic nitrogens is 2. The van der Waals surface area contributed by atoms with E-state index in [-0.39, 0.29) is 5.91 Å². The average Bonchev–Trinajstić information content (AvgIpc) is 3.18. The summed E-state index contributed by atoms with van der Waals surface area (Å²) in [6, 6.07) is 16.5. The van der Waals surface area contributed by atoms with Crippen LogP contribution in [0.2, 0.25) is 0 Å². The first-order valence-corrected chi connectivity index (χ1v) is 10.4. The van der Waals surface area contributed by atoms with Gasteiger partial charge in [-0.05, 0) is 54.3 Å². The number of nitrogens with zero attached hydrogens (tertiary/aromatic N) is 4. The van der Waals surface area contributed by atoms with Crippen LogP contribution in [-0.2, 0) is 17.8 Å². The van der Waals surface area contributed by atoms with Crippen LogP contribution in [-0.4, -0.2) is 52.9 Å². The molecule has 0 bridgehead atoms. The second-order valence-corrected chi connectivity index (χ2v) is 8.37. The molecule has 0 radical (unpaired) electrons. The van der Waals surface area contributed by atoms with E-state index < -0.39 is 5.41 Å². The number of hydrogen-bond acceptors (Lipinski definition) is 4. The molecule has 0 aliphatic carbocycles. The number of rotatable bonds is 6. The van der Waals surface area contributed by atoms with Crippen molar-refractivity contribution in [1.29, 1.82) is 0 Å². The van der Waals surface area contributed by atoms with Crippen molar-refractivity contribution in [2.24, 2.45) is 5.41 Å². The van der Waals surface area contributed by atoms with E-state index in [1.165, 1.54) is 11.1 Å². The van der Waals surface area contributed by atoms with Gasteiger partial charge >= 0.3 is 0 Å². The van der Waals surface area contributed by atoms with Crippen molar-refractivity contribution in [2.45, 2.75) is 19.4 Å². The van der Waals surface area contributed by atoms with Gasteiger partial charge in [0.2, 0.25) is 5.91 Å². The summed E-state index contributed by atoms with van der Waals surface area (Å²) >= 11 is 0. The fourth-order valence-electron chi connectivity index (χ4n) is 4.55. The van der Waals surface area contributed by atoms with Crippen LogP contribution in [0.3, 0.4) is 0 Å². The standard InChI is InChI=1S/C25H28N4O/c1-28(2)24(30)25(11-15-29(19-25)18-20-9-13-26-14-10-20)16-21-6-3-4-8-23(21)22-7-5-12-27-17-22/h3-10,12-14,17H,11,15-16,18-19H2,1-2H3/t25-/m1/s1. The minimum atomic E-state index is -0.422. The van der Waals surface area contributed by atoms with E-state index in [0.29, 0.717) is 0 Å². The smallest absolute Gasteiger partial charge is 0.229 e. The zero-order valence-electron chi connectivity index (χ0n) is 17.7. The van der Waals surface area contributed by atoms with Crippen LogP contribution in [0.5, 0.6) is 0 Å². The number of hydrogen-bond donors (Lipinski definition) is 0. The lowest BCUT2D eigenvalue weighted by atomic mass is 9.78. The molecule has 0 unspecified atom stereocenters. The molecule has 1 aliphatic heterocycles. The second-order valence-electron chi connectivity index (χ2n) is 8.37. The number of carbonyl (C=O) groups excluding carboxylic acids is 1. The molecule has 154 valence electrons. The lowest BCUT2D eigenvalue weighted by Gasteiger charge is -2.32. The minimum Gasteiger partial charge on any atom is -0.348 e. The molecule has 1 atom stereocenters. The van der Waals surface area contributed by atoms with E-state index in [9.17, 15) is 4.79 Å². The van der Waals surface area contributed by atoms with Crippen LogP contribution in [0, 0.1) is 5.41 Å². The van der Waals surface area contributed by atoms with E-state index in [1.807, 2.05) is 50.9 Å². The van der Waals surface area contributed by atoms with Gasteiger partial charge in [0.1, 0.15) is 0 Å². The fourth-order valence-corrected chi connectivity index (χ4v) is 4.55. The maximum absolute atomic E-state index is 13.4. The Balaban J connectivity index is 1.63. The molecule has 2 aromatic heterocycles. The summed E-state index contributed by atoms with van der Waals surface area (Å²) in [5.41, 5.74) is 4.26. The van der Waals surface area contributed by atoms with Crippen molar-refractivity contribution >= 4 is 5.91 Å². The molecule has 30 heavy (non-hydrogen) atoms. The van der Waals surface area contributed by atoms with Crippen molar-refractivity contribution in [1.82, 2.24) is 19.8 Å². The van der Waals surface area contributed by atoms with Crippen molar-refractivity contribution in [3.8, 4) is 11.1 Å². The third-order valence-corrected chi connectivity index (χ3v) is 5.97. The monoisotopic (exact) mass is 400 g/mol. The number of carbonyl (C=O) groups is 1. The molecule has 1 aromatic carbocycles. The molecule has 3 aromatic rings. The Kier molecular flexibility index (Phi) is 5.91. The van der Waals surface area contributed by atoms with E-state index in [4.69, 9.17) is 0 Å². The summed E-state index contributed by atoms with van der Waals surface area (Å²) in [5.74, 6) is 0.209. The normalized spacial score (nSPS) is 19.0. The highest BCUT2D eigenvalue weighted by Gasteiger charge is 2.45. The highest BCUT2D eigenvalue weighted by atomic mass is 16.2. The van der Waals surface area contributed by atoms with Crippen LogP contribution < -0.4 is 0 Å². The Hall–Kier alpha value is -3.05. The predicted octanol–water partition coefficient (Wildman–Crippen LogP) is 3.67. The van der Waals surface area contributed by atoms with Gasteiger partial charge in [-0.15, -0.1) is 0 Å². The summed E-state index contributed by atoms with van der Waals surface area (Å²) in [5, 5.41) is 0. The van der Waals surface area contributed by atoms with Gasteiger partial charge in [-0.2, -0.15) is 0 Å². The molecule has 1 amide bonds. The van der Waals surface area contributed by atoms with Crippen LogP contribution >= 0.6 is 0 Å². The van der Waals surface area contributed by atoms with Gasteiger partial charge in [0, 0.05) is 57.5 Å². The average molecular weight is 401 g/mol. The zero-order valence-corrected chi connectivity index (χ0v) is 17.7. The first-order valence-electron chi connectivity index (χ1n) is 10.4. The Morgan fingerprint density at radius 1 is 1.03 bits per heavy atom. The summed E-state index contributed by atoms with van der Waals surface area (Å²) in [7, 11) is 3.73. The summed E-state index contributed by atoms with van der Waals surface area (Å²) in [6.07, 6.45) is 8.92. The van der Waals surface area contributed by atoms with Crippen LogP contribution in [0.4, 0.5) is 0 Å². The predicted molar refractivity (Wildman–Crippen MR) is 119 cm³/mol. The third-order valence-electron chi connectivity index (χ3n) is 5.97. The maximum atomic E-state index is 13.4. The highest BCUT2D eigenvalue weighted by molar-refractivity contribution is 5.84. The molecule has 5 nitrogen and oxygen atoms in total. The van der Waals surface area contributed by atoms with E-state index in [1.54, 1.807) is 11.1 Å². The van der Waals surface area contributed by atoms with Gasteiger partial charge in [-0.25, -0.2) is 0 Å². The van der Waals surface area contributed by atoms with Gasteiger partial charge in [0.15, 0.2) is 0 Å². The van der Waals surface area contributed by atoms with E-state index in [2.05, 4.69) is 45.2 Å². The number of likely N-dealkylation sites (tertiary alicyclic amines) is 1. The number of benzene rings is 1. The molecule has 1 aliphatic rings. The molecular weight excluding hydrogens is 372 g/mol. The third kappa shape index (κ3) is 4.26. The molecule has 1 saturated heterocycles. The first-order chi connectivity index (χ1) is 14.6. The number of pyridine rings is 2. The molecule has 0 N–H and O–H groups in total. The molecule has 0 saturated carbocycles. The number of amides is 1. The first kappa shape index (κ1) is 20.2. The Labute approximate surface area is 178 Å². The van der Waals surface area contributed by atoms with Gasteiger partial charge in [-0.3, -0.25) is 19.7 Å². The Morgan fingerprint density at radius 3 is 2.57 bits per heavy atom. The molecule has 1 fully saturated rings. The molecule has 0 spiro atoms. The quantitative estimate of drug-likeness (QED) is 0.634. The maximum Gasteiger partial charge on any atom is 0.229 e. The topological polar surface area (TPSA) is 49.3 Å². The van der Waals surface area contributed by atoms with Crippen LogP contribution in [0.15, 0.2) is 73.3 Å². The van der Waals surface area contributed by atoms with Crippen molar-refractivity contribution in [2.75, 3.05) is 27.2 Å². The van der Waals surface area contributed by atoms with Crippen molar-refractivity contribution < 1.29 is 4.79 Å². The molecule has 5 heteroatoms. The van der Waals surface area contributed by atoms with Gasteiger partial charge in [-0.1, -0.05) is 30.3 Å². The largest absolute Gasteiger partial charge is 0.348 e. The second kappa shape index (κ2) is 8.76. The van der Waals surface area contributed by atoms with Crippen molar-refractivity contribution in [3.63, 3.8) is 0 Å². The van der Waals surface area contributed by atoms with Crippen LogP contribution in [0.25, 0.3) is 11.1 Å². The highest BCUT2D eigenvalue weighted by Crippen LogP contribution is 2.39. The lowest BCUT2D eigenvalue weighted by Crippen LogP contribution is -2.44. The van der Waals surface area contributed by atoms with E-state index >= 15 is 0 Å². The van der Waals surface area contributed by atoms with Gasteiger partial charge in [0.25, 0.3) is 0 Å². The summed E-state index contributed by atoms with van der Waals surface area (Å²) in [6.45, 7) is 2.51. The fraction of sp³-hybridized carbons (Fsp3) is 0.320. The summed E-state index contributed by atoms with van der Waals surface area (Å²) < 4.78 is 0. The minimum absolute atomic E-state index is 0.209. The SMILES string of the molecule is CN(C)C(=O)[C@@]1(Cc2ccccc2-c2cccnc2)CCN(Cc2ccncc2)C1. The van der Waals surface area contributed by atoms with Gasteiger partial charge < -0.3 is 4.90 Å². The Morgan fingerprint density at radius 2 is 1.83 bits per heavy atom. The molecule has 3 heterocycles. The zero-order chi connectivity index (χ0) is 21.0. The molecular formula is C25H28N4O.